The molecule has 1 aliphatic carbocycles. The van der Waals surface area contributed by atoms with Crippen LogP contribution in [0.5, 0.6) is 0 Å². The number of aromatic amines is 1. The molecule has 1 saturated heterocycles. The highest BCUT2D eigenvalue weighted by Crippen LogP contribution is 2.32. The van der Waals surface area contributed by atoms with Crippen molar-refractivity contribution in [1.29, 1.82) is 0 Å². The van der Waals surface area contributed by atoms with Gasteiger partial charge in [0.25, 0.3) is 5.56 Å². The first-order valence-corrected chi connectivity index (χ1v) is 8.42. The van der Waals surface area contributed by atoms with Crippen molar-refractivity contribution in [2.75, 3.05) is 33.2 Å². The molecule has 1 N–H and O–H groups in total. The zero-order chi connectivity index (χ0) is 15.8. The molecule has 4 rings (SSSR count). The minimum absolute atomic E-state index is 0.0716. The summed E-state index contributed by atoms with van der Waals surface area (Å²) in [7, 11) is 2.16. The summed E-state index contributed by atoms with van der Waals surface area (Å²) in [6.45, 7) is 4.22. The number of fused-ring (bicyclic) bond motifs is 1. The van der Waals surface area contributed by atoms with Crippen LogP contribution in [0.3, 0.4) is 0 Å². The second-order valence-electron chi connectivity index (χ2n) is 6.58. The summed E-state index contributed by atoms with van der Waals surface area (Å²) in [5.41, 5.74) is 2.13. The van der Waals surface area contributed by atoms with Crippen LogP contribution in [-0.2, 0) is 6.42 Å². The number of likely N-dealkylation sites (N-methyl/N-ethyl adjacent to an activating group) is 1. The number of aromatic nitrogens is 3. The first kappa shape index (κ1) is 14.7. The first-order valence-electron chi connectivity index (χ1n) is 8.42. The van der Waals surface area contributed by atoms with Gasteiger partial charge in [0.2, 0.25) is 0 Å². The van der Waals surface area contributed by atoms with E-state index in [-0.39, 0.29) is 11.6 Å². The molecule has 0 spiro atoms. The number of nitrogens with zero attached hydrogens (tertiary/aromatic N) is 4. The molecule has 0 radical (unpaired) electrons. The lowest BCUT2D eigenvalue weighted by molar-refractivity contribution is 0.102. The fourth-order valence-corrected chi connectivity index (χ4v) is 3.79. The van der Waals surface area contributed by atoms with Crippen molar-refractivity contribution in [3.63, 3.8) is 0 Å². The Morgan fingerprint density at radius 2 is 2.04 bits per heavy atom. The second-order valence-corrected chi connectivity index (χ2v) is 6.58. The Hall–Kier alpha value is -1.92. The minimum atomic E-state index is 0.0716. The number of nitrogens with one attached hydrogen (secondary N) is 1. The topological polar surface area (TPSA) is 57.2 Å². The van der Waals surface area contributed by atoms with E-state index in [9.17, 15) is 4.79 Å². The predicted octanol–water partition coefficient (Wildman–Crippen LogP) is 1.19. The van der Waals surface area contributed by atoms with Gasteiger partial charge in [-0.15, -0.1) is 0 Å². The van der Waals surface area contributed by atoms with Crippen LogP contribution < -0.4 is 5.56 Å². The number of pyridine rings is 1. The van der Waals surface area contributed by atoms with E-state index < -0.39 is 0 Å². The quantitative estimate of drug-likeness (QED) is 0.905. The lowest BCUT2D eigenvalue weighted by Gasteiger charge is -2.39. The lowest BCUT2D eigenvalue weighted by atomic mass is 9.91. The van der Waals surface area contributed by atoms with E-state index in [1.54, 1.807) is 10.9 Å². The van der Waals surface area contributed by atoms with Crippen molar-refractivity contribution >= 4 is 0 Å². The van der Waals surface area contributed by atoms with Gasteiger partial charge < -0.3 is 4.90 Å². The molecule has 23 heavy (non-hydrogen) atoms. The fraction of sp³-hybridized carbons (Fsp3) is 0.529. The first-order chi connectivity index (χ1) is 11.2. The smallest absolute Gasteiger partial charge is 0.277 e. The van der Waals surface area contributed by atoms with E-state index >= 15 is 0 Å². The monoisotopic (exact) mass is 313 g/mol. The molecule has 2 aliphatic rings. The molecule has 0 aromatic carbocycles. The molecule has 6 nitrogen and oxygen atoms in total. The molecule has 2 aromatic rings. The van der Waals surface area contributed by atoms with Gasteiger partial charge in [0, 0.05) is 44.1 Å². The van der Waals surface area contributed by atoms with E-state index in [4.69, 9.17) is 0 Å². The van der Waals surface area contributed by atoms with E-state index in [2.05, 4.69) is 26.9 Å². The third-order valence-corrected chi connectivity index (χ3v) is 5.10. The average molecular weight is 313 g/mol. The van der Waals surface area contributed by atoms with Gasteiger partial charge in [-0.25, -0.2) is 9.67 Å². The Bertz CT molecular complexity index is 727. The fourth-order valence-electron chi connectivity index (χ4n) is 3.79. The third-order valence-electron chi connectivity index (χ3n) is 5.10. The Balaban J connectivity index is 1.71. The maximum Gasteiger partial charge on any atom is 0.277 e. The Kier molecular flexibility index (Phi) is 3.79. The summed E-state index contributed by atoms with van der Waals surface area (Å²) in [5, 5.41) is 3.30. The summed E-state index contributed by atoms with van der Waals surface area (Å²) in [4.78, 5) is 22.1. The molecule has 6 heteroatoms. The van der Waals surface area contributed by atoms with Crippen LogP contribution in [0.1, 0.15) is 30.1 Å². The minimum Gasteiger partial charge on any atom is -0.304 e. The van der Waals surface area contributed by atoms with Gasteiger partial charge in [0.15, 0.2) is 5.82 Å². The summed E-state index contributed by atoms with van der Waals surface area (Å²) in [5.74, 6) is 0.670. The standard InChI is InChI=1S/C17H23N5O/c1-20-9-11-21(12-10-20)14-6-4-5-13-16(14)17(23)22(19-13)15-7-2-3-8-18-15/h2-3,7-8,14,19H,4-6,9-12H2,1H3. The Labute approximate surface area is 135 Å². The molecule has 1 aliphatic heterocycles. The largest absolute Gasteiger partial charge is 0.304 e. The van der Waals surface area contributed by atoms with Crippen molar-refractivity contribution < 1.29 is 0 Å². The van der Waals surface area contributed by atoms with Crippen molar-refractivity contribution in [2.24, 2.45) is 0 Å². The van der Waals surface area contributed by atoms with E-state index in [1.165, 1.54) is 0 Å². The average Bonchev–Trinajstić information content (AvgIpc) is 2.94. The van der Waals surface area contributed by atoms with Crippen LogP contribution in [0.25, 0.3) is 5.82 Å². The van der Waals surface area contributed by atoms with Crippen LogP contribution >= 0.6 is 0 Å². The van der Waals surface area contributed by atoms with Gasteiger partial charge in [-0.3, -0.25) is 14.8 Å². The van der Waals surface area contributed by atoms with Crippen LogP contribution in [0.2, 0.25) is 0 Å². The number of piperazine rings is 1. The molecule has 0 saturated carbocycles. The molecule has 3 heterocycles. The Morgan fingerprint density at radius 3 is 2.78 bits per heavy atom. The van der Waals surface area contributed by atoms with Crippen LogP contribution in [-0.4, -0.2) is 57.8 Å². The van der Waals surface area contributed by atoms with Crippen LogP contribution in [0, 0.1) is 0 Å². The van der Waals surface area contributed by atoms with Crippen molar-refractivity contribution in [3.05, 3.63) is 46.0 Å². The zero-order valence-electron chi connectivity index (χ0n) is 13.5. The third kappa shape index (κ3) is 2.62. The highest BCUT2D eigenvalue weighted by molar-refractivity contribution is 5.30. The van der Waals surface area contributed by atoms with Gasteiger partial charge in [-0.2, -0.15) is 0 Å². The number of rotatable bonds is 2. The summed E-state index contributed by atoms with van der Waals surface area (Å²) >= 11 is 0. The molecule has 1 unspecified atom stereocenters. The van der Waals surface area contributed by atoms with Crippen molar-refractivity contribution in [1.82, 2.24) is 24.6 Å². The summed E-state index contributed by atoms with van der Waals surface area (Å²) in [6, 6.07) is 5.90. The molecule has 1 atom stereocenters. The van der Waals surface area contributed by atoms with Crippen LogP contribution in [0.4, 0.5) is 0 Å². The van der Waals surface area contributed by atoms with Crippen molar-refractivity contribution in [3.8, 4) is 5.82 Å². The molecule has 2 aromatic heterocycles. The van der Waals surface area contributed by atoms with E-state index in [1.807, 2.05) is 18.2 Å². The second kappa shape index (κ2) is 5.94. The molecule has 0 amide bonds. The van der Waals surface area contributed by atoms with Gasteiger partial charge in [0.1, 0.15) is 0 Å². The number of H-pyrrole nitrogens is 1. The molecule has 122 valence electrons. The zero-order valence-corrected chi connectivity index (χ0v) is 13.5. The van der Waals surface area contributed by atoms with Gasteiger partial charge in [-0.1, -0.05) is 6.07 Å². The van der Waals surface area contributed by atoms with Gasteiger partial charge >= 0.3 is 0 Å². The lowest BCUT2D eigenvalue weighted by Crippen LogP contribution is -2.47. The summed E-state index contributed by atoms with van der Waals surface area (Å²) < 4.78 is 1.61. The SMILES string of the molecule is CN1CCN(C2CCCc3[nH]n(-c4ccccn4)c(=O)c32)CC1. The number of aryl methyl sites for hydroxylation is 1. The number of hydrogen-bond donors (Lipinski definition) is 1. The van der Waals surface area contributed by atoms with Gasteiger partial charge in [0.05, 0.1) is 5.56 Å². The van der Waals surface area contributed by atoms with E-state index in [0.717, 1.165) is 56.7 Å². The number of hydrogen-bond acceptors (Lipinski definition) is 4. The van der Waals surface area contributed by atoms with Crippen LogP contribution in [0.15, 0.2) is 29.2 Å². The highest BCUT2D eigenvalue weighted by atomic mass is 16.1. The molecule has 0 bridgehead atoms. The summed E-state index contributed by atoms with van der Waals surface area (Å²) in [6.07, 6.45) is 4.88. The maximum absolute atomic E-state index is 13.0. The molecule has 1 fully saturated rings. The molecular weight excluding hydrogens is 290 g/mol. The highest BCUT2D eigenvalue weighted by Gasteiger charge is 2.32. The van der Waals surface area contributed by atoms with Crippen molar-refractivity contribution in [2.45, 2.75) is 25.3 Å². The normalized spacial score (nSPS) is 22.9. The maximum atomic E-state index is 13.0. The molecular formula is C17H23N5O. The Morgan fingerprint density at radius 1 is 1.22 bits per heavy atom. The van der Waals surface area contributed by atoms with E-state index in [0.29, 0.717) is 5.82 Å². The predicted molar refractivity (Wildman–Crippen MR) is 88.9 cm³/mol. The van der Waals surface area contributed by atoms with Gasteiger partial charge in [-0.05, 0) is 38.4 Å².